The van der Waals surface area contributed by atoms with Crippen LogP contribution in [-0.4, -0.2) is 71.5 Å². The van der Waals surface area contributed by atoms with Crippen LogP contribution in [0.2, 0.25) is 0 Å². The Bertz CT molecular complexity index is 1280. The monoisotopic (exact) mass is 464 g/mol. The van der Waals surface area contributed by atoms with E-state index in [4.69, 9.17) is 19.2 Å². The van der Waals surface area contributed by atoms with Gasteiger partial charge in [-0.25, -0.2) is 14.4 Å². The molecule has 3 aromatic heterocycles. The molecule has 0 unspecified atom stereocenters. The first kappa shape index (κ1) is 22.6. The Labute approximate surface area is 198 Å². The maximum absolute atomic E-state index is 14.8. The highest BCUT2D eigenvalue weighted by Crippen LogP contribution is 2.30. The normalized spacial score (nSPS) is 19.0. The number of hydrogen-bond acceptors (Lipinski definition) is 6. The van der Waals surface area contributed by atoms with Crippen molar-refractivity contribution >= 4 is 16.6 Å². The third kappa shape index (κ3) is 4.56. The second kappa shape index (κ2) is 9.95. The molecule has 34 heavy (non-hydrogen) atoms. The number of ether oxygens (including phenoxy) is 3. The maximum atomic E-state index is 14.8. The van der Waals surface area contributed by atoms with Gasteiger partial charge >= 0.3 is 0 Å². The summed E-state index contributed by atoms with van der Waals surface area (Å²) in [5, 5.41) is 0.949. The number of nitrogens with zero attached hydrogens (tertiary/aromatic N) is 4. The summed E-state index contributed by atoms with van der Waals surface area (Å²) in [5.41, 5.74) is 3.11. The minimum absolute atomic E-state index is 0.406. The van der Waals surface area contributed by atoms with Crippen molar-refractivity contribution in [2.75, 3.05) is 40.0 Å². The summed E-state index contributed by atoms with van der Waals surface area (Å²) in [6.07, 6.45) is 2.89. The molecule has 1 aliphatic heterocycles. The molecule has 0 saturated carbocycles. The number of piperidine rings is 1. The van der Waals surface area contributed by atoms with Crippen molar-refractivity contribution in [1.29, 1.82) is 0 Å². The summed E-state index contributed by atoms with van der Waals surface area (Å²) in [7, 11) is 1.64. The van der Waals surface area contributed by atoms with Crippen LogP contribution in [0.1, 0.15) is 13.3 Å². The van der Waals surface area contributed by atoms with Gasteiger partial charge in [0, 0.05) is 37.8 Å². The first-order chi connectivity index (χ1) is 16.7. The van der Waals surface area contributed by atoms with Crippen LogP contribution in [0.4, 0.5) is 4.39 Å². The van der Waals surface area contributed by atoms with Crippen molar-refractivity contribution in [3.05, 3.63) is 54.9 Å². The molecule has 0 aliphatic carbocycles. The number of pyridine rings is 2. The number of rotatable bonds is 8. The Hall–Kier alpha value is -3.23. The minimum atomic E-state index is -1.02. The summed E-state index contributed by atoms with van der Waals surface area (Å²) in [6, 6.07) is 13.5. The van der Waals surface area contributed by atoms with E-state index in [9.17, 15) is 4.39 Å². The number of para-hydroxylation sites is 1. The van der Waals surface area contributed by atoms with Gasteiger partial charge < -0.3 is 19.1 Å². The van der Waals surface area contributed by atoms with Crippen molar-refractivity contribution in [3.8, 4) is 22.9 Å². The fourth-order valence-corrected chi connectivity index (χ4v) is 4.37. The Kier molecular flexibility index (Phi) is 6.60. The summed E-state index contributed by atoms with van der Waals surface area (Å²) in [4.78, 5) is 11.6. The van der Waals surface area contributed by atoms with Gasteiger partial charge in [0.1, 0.15) is 41.5 Å². The molecule has 2 atom stereocenters. The molecule has 8 heteroatoms. The topological polar surface area (TPSA) is 61.1 Å². The van der Waals surface area contributed by atoms with Crippen molar-refractivity contribution in [2.24, 2.45) is 0 Å². The molecule has 5 rings (SSSR count). The van der Waals surface area contributed by atoms with Crippen molar-refractivity contribution in [3.63, 3.8) is 0 Å². The second-order valence-electron chi connectivity index (χ2n) is 8.45. The van der Waals surface area contributed by atoms with Gasteiger partial charge in [-0.3, -0.25) is 4.40 Å². The number of aromatic nitrogens is 3. The number of alkyl halides is 1. The predicted molar refractivity (Wildman–Crippen MR) is 129 cm³/mol. The molecule has 0 spiro atoms. The van der Waals surface area contributed by atoms with Crippen LogP contribution < -0.4 is 9.47 Å². The molecule has 0 amide bonds. The predicted octanol–water partition coefficient (Wildman–Crippen LogP) is 4.39. The smallest absolute Gasteiger partial charge is 0.149 e. The molecule has 0 N–H and O–H groups in total. The van der Waals surface area contributed by atoms with E-state index in [2.05, 4.69) is 16.8 Å². The lowest BCUT2D eigenvalue weighted by atomic mass is 10.1. The molecular weight excluding hydrogens is 435 g/mol. The Morgan fingerprint density at radius 2 is 2.06 bits per heavy atom. The Balaban J connectivity index is 1.43. The largest absolute Gasteiger partial charge is 0.491 e. The molecule has 4 heterocycles. The van der Waals surface area contributed by atoms with E-state index in [1.54, 1.807) is 13.3 Å². The second-order valence-corrected chi connectivity index (χ2v) is 8.45. The fraction of sp³-hybridized carbons (Fsp3) is 0.385. The van der Waals surface area contributed by atoms with E-state index >= 15 is 0 Å². The quantitative estimate of drug-likeness (QED) is 0.361. The Morgan fingerprint density at radius 1 is 1.15 bits per heavy atom. The highest BCUT2D eigenvalue weighted by Gasteiger charge is 2.30. The van der Waals surface area contributed by atoms with Crippen LogP contribution in [0.5, 0.6) is 11.5 Å². The van der Waals surface area contributed by atoms with Gasteiger partial charge in [-0.15, -0.1) is 0 Å². The zero-order valence-corrected chi connectivity index (χ0v) is 19.5. The number of imidazole rings is 1. The van der Waals surface area contributed by atoms with Gasteiger partial charge in [0.2, 0.25) is 0 Å². The molecule has 0 bridgehead atoms. The molecule has 4 aromatic rings. The number of benzene rings is 1. The van der Waals surface area contributed by atoms with Crippen LogP contribution >= 0.6 is 0 Å². The van der Waals surface area contributed by atoms with Crippen LogP contribution in [0.15, 0.2) is 54.9 Å². The van der Waals surface area contributed by atoms with Gasteiger partial charge in [0.05, 0.1) is 24.2 Å². The number of hydrogen-bond donors (Lipinski definition) is 0. The molecule has 178 valence electrons. The molecule has 1 fully saturated rings. The van der Waals surface area contributed by atoms with E-state index in [1.807, 2.05) is 53.1 Å². The SMILES string of the molecule is CCN1CC[C@@H](Oc2cccc3ccc(-c4cnc5cc(OCCOC)ccn45)nc23)[C@H](F)C1. The maximum Gasteiger partial charge on any atom is 0.149 e. The summed E-state index contributed by atoms with van der Waals surface area (Å²) in [5.74, 6) is 1.35. The summed E-state index contributed by atoms with van der Waals surface area (Å²) < 4.78 is 33.6. The molecule has 1 aliphatic rings. The zero-order chi connectivity index (χ0) is 23.5. The number of fused-ring (bicyclic) bond motifs is 2. The van der Waals surface area contributed by atoms with Crippen molar-refractivity contribution in [2.45, 2.75) is 25.6 Å². The van der Waals surface area contributed by atoms with Crippen LogP contribution in [0.25, 0.3) is 27.9 Å². The lowest BCUT2D eigenvalue weighted by molar-refractivity contribution is 0.0247. The molecule has 1 aromatic carbocycles. The number of halogens is 1. The third-order valence-electron chi connectivity index (χ3n) is 6.28. The first-order valence-corrected chi connectivity index (χ1v) is 11.7. The van der Waals surface area contributed by atoms with Gasteiger partial charge in [-0.2, -0.15) is 0 Å². The average Bonchev–Trinajstić information content (AvgIpc) is 3.28. The summed E-state index contributed by atoms with van der Waals surface area (Å²) in [6.45, 7) is 5.16. The summed E-state index contributed by atoms with van der Waals surface area (Å²) >= 11 is 0. The van der Waals surface area contributed by atoms with E-state index < -0.39 is 12.3 Å². The van der Waals surface area contributed by atoms with E-state index in [-0.39, 0.29) is 0 Å². The number of likely N-dealkylation sites (tertiary alicyclic amines) is 1. The van der Waals surface area contributed by atoms with Gasteiger partial charge in [0.25, 0.3) is 0 Å². The van der Waals surface area contributed by atoms with Crippen LogP contribution in [-0.2, 0) is 4.74 Å². The molecule has 0 radical (unpaired) electrons. The molecule has 1 saturated heterocycles. The van der Waals surface area contributed by atoms with E-state index in [0.717, 1.165) is 46.8 Å². The minimum Gasteiger partial charge on any atom is -0.491 e. The molecule has 7 nitrogen and oxygen atoms in total. The highest BCUT2D eigenvalue weighted by atomic mass is 19.1. The van der Waals surface area contributed by atoms with Gasteiger partial charge in [0.15, 0.2) is 0 Å². The third-order valence-corrected chi connectivity index (χ3v) is 6.28. The van der Waals surface area contributed by atoms with Crippen molar-refractivity contribution < 1.29 is 18.6 Å². The standard InChI is InChI=1S/C26H29FN4O3/c1-3-30-11-10-23(20(27)17-30)34-24-6-4-5-18-7-8-21(29-26(18)24)22-16-28-25-15-19(9-12-31(22)25)33-14-13-32-2/h4-9,12,15-16,20,23H,3,10-11,13-14,17H2,1-2H3/t20-,23-/m1/s1. The Morgan fingerprint density at radius 3 is 2.88 bits per heavy atom. The zero-order valence-electron chi connectivity index (χ0n) is 19.5. The fourth-order valence-electron chi connectivity index (χ4n) is 4.37. The van der Waals surface area contributed by atoms with Crippen LogP contribution in [0, 0.1) is 0 Å². The van der Waals surface area contributed by atoms with Gasteiger partial charge in [-0.05, 0) is 31.2 Å². The number of methoxy groups -OCH3 is 1. The average molecular weight is 465 g/mol. The van der Waals surface area contributed by atoms with Crippen LogP contribution in [0.3, 0.4) is 0 Å². The van der Waals surface area contributed by atoms with E-state index in [1.165, 1.54) is 0 Å². The lowest BCUT2D eigenvalue weighted by Crippen LogP contribution is -2.46. The van der Waals surface area contributed by atoms with Gasteiger partial charge in [-0.1, -0.05) is 25.1 Å². The lowest BCUT2D eigenvalue weighted by Gasteiger charge is -2.34. The highest BCUT2D eigenvalue weighted by molar-refractivity contribution is 5.86. The molecular formula is C26H29FN4O3. The van der Waals surface area contributed by atoms with Crippen molar-refractivity contribution in [1.82, 2.24) is 19.3 Å². The first-order valence-electron chi connectivity index (χ1n) is 11.7. The van der Waals surface area contributed by atoms with E-state index in [0.29, 0.717) is 31.9 Å².